The minimum Gasteiger partial charge on any atom is -0.390 e. The lowest BCUT2D eigenvalue weighted by molar-refractivity contribution is 0.0137. The molecule has 0 bridgehead atoms. The lowest BCUT2D eigenvalue weighted by Gasteiger charge is -2.18. The summed E-state index contributed by atoms with van der Waals surface area (Å²) >= 11 is 0. The Hall–Kier alpha value is -0.340. The summed E-state index contributed by atoms with van der Waals surface area (Å²) in [6.45, 7) is 6.20. The SMILES string of the molecule is C/C=C(\C)C[C@@H](O)[C@H](O)CCCCCCCCCC. The molecule has 114 valence electrons. The smallest absolute Gasteiger partial charge is 0.0835 e. The van der Waals surface area contributed by atoms with E-state index >= 15 is 0 Å². The average Bonchev–Trinajstić information content (AvgIpc) is 2.41. The van der Waals surface area contributed by atoms with Crippen LogP contribution in [0.15, 0.2) is 11.6 Å². The molecule has 0 aromatic rings. The van der Waals surface area contributed by atoms with Crippen molar-refractivity contribution in [2.45, 2.75) is 97.2 Å². The van der Waals surface area contributed by atoms with Crippen LogP contribution >= 0.6 is 0 Å². The van der Waals surface area contributed by atoms with E-state index < -0.39 is 12.2 Å². The van der Waals surface area contributed by atoms with E-state index in [1.54, 1.807) is 0 Å². The first-order valence-corrected chi connectivity index (χ1v) is 8.09. The first-order valence-electron chi connectivity index (χ1n) is 8.09. The van der Waals surface area contributed by atoms with E-state index in [1.165, 1.54) is 44.9 Å². The molecule has 0 radical (unpaired) electrons. The highest BCUT2D eigenvalue weighted by molar-refractivity contribution is 4.98. The Balaban J connectivity index is 3.44. The number of rotatable bonds is 12. The molecule has 0 amide bonds. The molecule has 0 aliphatic carbocycles. The molecule has 0 aliphatic rings. The normalized spacial score (nSPS) is 15.5. The molecule has 0 saturated carbocycles. The summed E-state index contributed by atoms with van der Waals surface area (Å²) in [6.07, 6.45) is 12.3. The van der Waals surface area contributed by atoms with Gasteiger partial charge < -0.3 is 10.2 Å². The maximum Gasteiger partial charge on any atom is 0.0835 e. The number of hydrogen-bond acceptors (Lipinski definition) is 2. The number of aliphatic hydroxyl groups is 2. The van der Waals surface area contributed by atoms with Crippen molar-refractivity contribution < 1.29 is 10.2 Å². The molecule has 0 heterocycles. The Morgan fingerprint density at radius 2 is 1.42 bits per heavy atom. The predicted molar refractivity (Wildman–Crippen MR) is 83.3 cm³/mol. The van der Waals surface area contributed by atoms with Gasteiger partial charge in [0.25, 0.3) is 0 Å². The summed E-state index contributed by atoms with van der Waals surface area (Å²) in [5, 5.41) is 19.7. The zero-order valence-electron chi connectivity index (χ0n) is 13.2. The molecule has 0 rings (SSSR count). The van der Waals surface area contributed by atoms with Gasteiger partial charge in [0.1, 0.15) is 0 Å². The molecular formula is C17H34O2. The van der Waals surface area contributed by atoms with E-state index in [0.29, 0.717) is 6.42 Å². The van der Waals surface area contributed by atoms with Crippen molar-refractivity contribution in [1.29, 1.82) is 0 Å². The van der Waals surface area contributed by atoms with Crippen molar-refractivity contribution in [2.24, 2.45) is 0 Å². The van der Waals surface area contributed by atoms with E-state index in [9.17, 15) is 10.2 Å². The molecule has 0 saturated heterocycles. The van der Waals surface area contributed by atoms with Gasteiger partial charge >= 0.3 is 0 Å². The van der Waals surface area contributed by atoms with Gasteiger partial charge in [0.15, 0.2) is 0 Å². The Labute approximate surface area is 119 Å². The molecule has 2 N–H and O–H groups in total. The first-order chi connectivity index (χ1) is 9.11. The number of allylic oxidation sites excluding steroid dienone is 1. The van der Waals surface area contributed by atoms with E-state index in [0.717, 1.165) is 18.4 Å². The molecule has 0 aromatic carbocycles. The summed E-state index contributed by atoms with van der Waals surface area (Å²) in [5.74, 6) is 0. The van der Waals surface area contributed by atoms with E-state index in [2.05, 4.69) is 6.92 Å². The Morgan fingerprint density at radius 3 is 1.95 bits per heavy atom. The topological polar surface area (TPSA) is 40.5 Å². The molecule has 2 nitrogen and oxygen atoms in total. The molecule has 0 aliphatic heterocycles. The third kappa shape index (κ3) is 11.2. The van der Waals surface area contributed by atoms with Gasteiger partial charge in [0, 0.05) is 0 Å². The summed E-state index contributed by atoms with van der Waals surface area (Å²) in [5.41, 5.74) is 1.14. The summed E-state index contributed by atoms with van der Waals surface area (Å²) in [4.78, 5) is 0. The quantitative estimate of drug-likeness (QED) is 0.402. The van der Waals surface area contributed by atoms with Crippen LogP contribution in [0.25, 0.3) is 0 Å². The Kier molecular flexibility index (Phi) is 12.5. The maximum atomic E-state index is 9.86. The zero-order valence-corrected chi connectivity index (χ0v) is 13.2. The average molecular weight is 270 g/mol. The molecule has 0 unspecified atom stereocenters. The fourth-order valence-corrected chi connectivity index (χ4v) is 2.26. The molecular weight excluding hydrogens is 236 g/mol. The summed E-state index contributed by atoms with van der Waals surface area (Å²) in [7, 11) is 0. The zero-order chi connectivity index (χ0) is 14.5. The minimum absolute atomic E-state index is 0.560. The van der Waals surface area contributed by atoms with Crippen LogP contribution in [0.3, 0.4) is 0 Å². The second-order valence-corrected chi connectivity index (χ2v) is 5.74. The largest absolute Gasteiger partial charge is 0.390 e. The second-order valence-electron chi connectivity index (χ2n) is 5.74. The predicted octanol–water partition coefficient (Wildman–Crippen LogP) is 4.60. The highest BCUT2D eigenvalue weighted by atomic mass is 16.3. The van der Waals surface area contributed by atoms with Crippen LogP contribution in [0.1, 0.15) is 85.0 Å². The number of unbranched alkanes of at least 4 members (excludes halogenated alkanes) is 7. The van der Waals surface area contributed by atoms with Crippen LogP contribution < -0.4 is 0 Å². The van der Waals surface area contributed by atoms with Crippen LogP contribution in [0.2, 0.25) is 0 Å². The molecule has 0 aromatic heterocycles. The van der Waals surface area contributed by atoms with Gasteiger partial charge in [-0.15, -0.1) is 0 Å². The van der Waals surface area contributed by atoms with Crippen LogP contribution in [0.4, 0.5) is 0 Å². The number of hydrogen-bond donors (Lipinski definition) is 2. The second kappa shape index (κ2) is 12.7. The van der Waals surface area contributed by atoms with Gasteiger partial charge in [0.05, 0.1) is 12.2 Å². The van der Waals surface area contributed by atoms with Gasteiger partial charge in [-0.1, -0.05) is 69.9 Å². The lowest BCUT2D eigenvalue weighted by Crippen LogP contribution is -2.25. The lowest BCUT2D eigenvalue weighted by atomic mass is 9.99. The highest BCUT2D eigenvalue weighted by Crippen LogP contribution is 2.15. The van der Waals surface area contributed by atoms with Gasteiger partial charge in [-0.3, -0.25) is 0 Å². The molecule has 2 heteroatoms. The van der Waals surface area contributed by atoms with Crippen LogP contribution in [0, 0.1) is 0 Å². The summed E-state index contributed by atoms with van der Waals surface area (Å²) in [6, 6.07) is 0. The van der Waals surface area contributed by atoms with E-state index in [4.69, 9.17) is 0 Å². The van der Waals surface area contributed by atoms with E-state index in [1.807, 2.05) is 19.9 Å². The molecule has 0 fully saturated rings. The number of aliphatic hydroxyl groups excluding tert-OH is 2. The minimum atomic E-state index is -0.597. The van der Waals surface area contributed by atoms with Crippen molar-refractivity contribution in [3.8, 4) is 0 Å². The molecule has 0 spiro atoms. The van der Waals surface area contributed by atoms with Crippen molar-refractivity contribution in [3.05, 3.63) is 11.6 Å². The van der Waals surface area contributed by atoms with Crippen molar-refractivity contribution in [2.75, 3.05) is 0 Å². The standard InChI is InChI=1S/C17H34O2/c1-4-6-7-8-9-10-11-12-13-16(18)17(19)14-15(3)5-2/h5,16-19H,4,6-14H2,1-3H3/b15-5+/t16-,17-/m1/s1. The van der Waals surface area contributed by atoms with E-state index in [-0.39, 0.29) is 0 Å². The fourth-order valence-electron chi connectivity index (χ4n) is 2.26. The monoisotopic (exact) mass is 270 g/mol. The highest BCUT2D eigenvalue weighted by Gasteiger charge is 2.15. The molecule has 19 heavy (non-hydrogen) atoms. The third-order valence-electron chi connectivity index (χ3n) is 3.82. The third-order valence-corrected chi connectivity index (χ3v) is 3.82. The maximum absolute atomic E-state index is 9.86. The van der Waals surface area contributed by atoms with Crippen LogP contribution in [-0.4, -0.2) is 22.4 Å². The van der Waals surface area contributed by atoms with Crippen molar-refractivity contribution >= 4 is 0 Å². The van der Waals surface area contributed by atoms with Crippen molar-refractivity contribution in [1.82, 2.24) is 0 Å². The van der Waals surface area contributed by atoms with Gasteiger partial charge in [-0.2, -0.15) is 0 Å². The van der Waals surface area contributed by atoms with Crippen LogP contribution in [-0.2, 0) is 0 Å². The van der Waals surface area contributed by atoms with Crippen molar-refractivity contribution in [3.63, 3.8) is 0 Å². The Morgan fingerprint density at radius 1 is 0.895 bits per heavy atom. The van der Waals surface area contributed by atoms with Gasteiger partial charge in [-0.05, 0) is 26.7 Å². The van der Waals surface area contributed by atoms with Gasteiger partial charge in [-0.25, -0.2) is 0 Å². The fraction of sp³-hybridized carbons (Fsp3) is 0.882. The van der Waals surface area contributed by atoms with Crippen LogP contribution in [0.5, 0.6) is 0 Å². The van der Waals surface area contributed by atoms with Gasteiger partial charge in [0.2, 0.25) is 0 Å². The summed E-state index contributed by atoms with van der Waals surface area (Å²) < 4.78 is 0. The molecule has 2 atom stereocenters. The Bertz CT molecular complexity index is 223. The first kappa shape index (κ1) is 18.7.